The molecule has 3 aromatic rings. The van der Waals surface area contributed by atoms with Crippen molar-refractivity contribution >= 4 is 21.4 Å². The van der Waals surface area contributed by atoms with E-state index in [1.54, 1.807) is 29.5 Å². The Bertz CT molecular complexity index is 744. The van der Waals surface area contributed by atoms with Gasteiger partial charge in [-0.3, -0.25) is 0 Å². The maximum Gasteiger partial charge on any atom is 0.169 e. The number of phenolic OH excluding ortho intramolecular Hbond substituents is 1. The molecule has 0 bridgehead atoms. The van der Waals surface area contributed by atoms with Gasteiger partial charge in [-0.2, -0.15) is 0 Å². The molecule has 102 valence electrons. The normalized spacial score (nSPS) is 11.2. The van der Waals surface area contributed by atoms with Gasteiger partial charge < -0.3 is 9.84 Å². The molecule has 3 rings (SSSR count). The van der Waals surface area contributed by atoms with E-state index in [1.165, 1.54) is 9.58 Å². The summed E-state index contributed by atoms with van der Waals surface area (Å²) in [6, 6.07) is 15.3. The van der Waals surface area contributed by atoms with Crippen LogP contribution in [-0.4, -0.2) is 5.11 Å². The number of hydrogen-bond acceptors (Lipinski definition) is 3. The minimum Gasteiger partial charge on any atom is -0.504 e. The van der Waals surface area contributed by atoms with Gasteiger partial charge in [0.1, 0.15) is 5.75 Å². The van der Waals surface area contributed by atoms with Crippen molar-refractivity contribution in [3.63, 3.8) is 0 Å². The molecule has 2 nitrogen and oxygen atoms in total. The molecule has 1 heterocycles. The summed E-state index contributed by atoms with van der Waals surface area (Å²) in [5.41, 5.74) is 0. The van der Waals surface area contributed by atoms with Gasteiger partial charge in [0.15, 0.2) is 11.5 Å². The van der Waals surface area contributed by atoms with Gasteiger partial charge in [-0.15, -0.1) is 11.3 Å². The van der Waals surface area contributed by atoms with E-state index >= 15 is 0 Å². The van der Waals surface area contributed by atoms with E-state index in [0.717, 1.165) is 11.1 Å². The van der Waals surface area contributed by atoms with Crippen LogP contribution < -0.4 is 4.74 Å². The van der Waals surface area contributed by atoms with Gasteiger partial charge >= 0.3 is 0 Å². The van der Waals surface area contributed by atoms with Crippen LogP contribution in [0.3, 0.4) is 0 Å². The molecule has 0 aliphatic heterocycles. The van der Waals surface area contributed by atoms with Crippen LogP contribution in [0.5, 0.6) is 17.2 Å². The summed E-state index contributed by atoms with van der Waals surface area (Å²) in [6.45, 7) is 4.31. The fourth-order valence-electron chi connectivity index (χ4n) is 2.18. The molecule has 0 atom stereocenters. The summed E-state index contributed by atoms with van der Waals surface area (Å²) in [7, 11) is 0. The number of rotatable bonds is 3. The molecule has 0 aliphatic rings. The van der Waals surface area contributed by atoms with Gasteiger partial charge in [0.2, 0.25) is 0 Å². The Morgan fingerprint density at radius 2 is 1.70 bits per heavy atom. The van der Waals surface area contributed by atoms with E-state index < -0.39 is 0 Å². The van der Waals surface area contributed by atoms with Gasteiger partial charge in [-0.05, 0) is 30.2 Å². The lowest BCUT2D eigenvalue weighted by Gasteiger charge is -2.10. The Morgan fingerprint density at radius 1 is 1.00 bits per heavy atom. The molecule has 2 aromatic carbocycles. The van der Waals surface area contributed by atoms with E-state index in [0.29, 0.717) is 11.7 Å². The van der Waals surface area contributed by atoms with Gasteiger partial charge in [-0.1, -0.05) is 38.1 Å². The van der Waals surface area contributed by atoms with Crippen LogP contribution in [-0.2, 0) is 0 Å². The molecule has 1 aromatic heterocycles. The molecule has 3 heteroatoms. The van der Waals surface area contributed by atoms with E-state index in [-0.39, 0.29) is 5.75 Å². The Kier molecular flexibility index (Phi) is 3.36. The topological polar surface area (TPSA) is 29.5 Å². The zero-order valence-electron chi connectivity index (χ0n) is 11.5. The third-order valence-electron chi connectivity index (χ3n) is 3.18. The number of para-hydroxylation sites is 2. The van der Waals surface area contributed by atoms with Gasteiger partial charge in [0.05, 0.1) is 4.88 Å². The highest BCUT2D eigenvalue weighted by Crippen LogP contribution is 2.44. The zero-order valence-corrected chi connectivity index (χ0v) is 12.3. The van der Waals surface area contributed by atoms with Crippen LogP contribution in [0.25, 0.3) is 10.1 Å². The SMILES string of the molecule is CC(C)c1sc2ccccc2c1Oc1ccccc1O. The van der Waals surface area contributed by atoms with Crippen molar-refractivity contribution in [1.82, 2.24) is 0 Å². The summed E-state index contributed by atoms with van der Waals surface area (Å²) < 4.78 is 7.23. The molecule has 1 N–H and O–H groups in total. The summed E-state index contributed by atoms with van der Waals surface area (Å²) in [4.78, 5) is 1.20. The maximum absolute atomic E-state index is 9.89. The first-order valence-corrected chi connectivity index (χ1v) is 7.45. The molecular formula is C17H16O2S. The Morgan fingerprint density at radius 3 is 2.45 bits per heavy atom. The molecule has 0 fully saturated rings. The van der Waals surface area contributed by atoms with Crippen molar-refractivity contribution < 1.29 is 9.84 Å². The number of ether oxygens (including phenoxy) is 1. The number of thiophene rings is 1. The molecule has 0 unspecified atom stereocenters. The fourth-order valence-corrected chi connectivity index (χ4v) is 3.31. The minimum atomic E-state index is 0.164. The lowest BCUT2D eigenvalue weighted by Crippen LogP contribution is -1.89. The van der Waals surface area contributed by atoms with Crippen molar-refractivity contribution in [2.75, 3.05) is 0 Å². The van der Waals surface area contributed by atoms with Gasteiger partial charge in [0.25, 0.3) is 0 Å². The second kappa shape index (κ2) is 5.17. The summed E-state index contributed by atoms with van der Waals surface area (Å²) in [6.07, 6.45) is 0. The minimum absolute atomic E-state index is 0.164. The van der Waals surface area contributed by atoms with E-state index in [4.69, 9.17) is 4.74 Å². The number of fused-ring (bicyclic) bond motifs is 1. The number of hydrogen-bond donors (Lipinski definition) is 1. The lowest BCUT2D eigenvalue weighted by atomic mass is 10.1. The second-order valence-electron chi connectivity index (χ2n) is 5.02. The predicted octanol–water partition coefficient (Wildman–Crippen LogP) is 5.52. The Balaban J connectivity index is 2.14. The molecule has 0 amide bonds. The molecule has 0 radical (unpaired) electrons. The fraction of sp³-hybridized carbons (Fsp3) is 0.176. The van der Waals surface area contributed by atoms with Crippen LogP contribution in [0.1, 0.15) is 24.6 Å². The highest BCUT2D eigenvalue weighted by molar-refractivity contribution is 7.19. The number of phenols is 1. The third kappa shape index (κ3) is 2.25. The maximum atomic E-state index is 9.89. The van der Waals surface area contributed by atoms with Crippen molar-refractivity contribution in [3.8, 4) is 17.2 Å². The zero-order chi connectivity index (χ0) is 14.1. The summed E-state index contributed by atoms with van der Waals surface area (Å²) in [5, 5.41) is 11.0. The molecular weight excluding hydrogens is 268 g/mol. The number of benzene rings is 2. The highest BCUT2D eigenvalue weighted by Gasteiger charge is 2.17. The van der Waals surface area contributed by atoms with Crippen molar-refractivity contribution in [2.24, 2.45) is 0 Å². The Labute approximate surface area is 122 Å². The molecule has 20 heavy (non-hydrogen) atoms. The first-order valence-electron chi connectivity index (χ1n) is 6.64. The standard InChI is InChI=1S/C17H16O2S/c1-11(2)17-16(12-7-3-6-10-15(12)20-17)19-14-9-5-4-8-13(14)18/h3-11,18H,1-2H3. The lowest BCUT2D eigenvalue weighted by molar-refractivity contribution is 0.411. The van der Waals surface area contributed by atoms with Gasteiger partial charge in [-0.25, -0.2) is 0 Å². The molecule has 0 aliphatic carbocycles. The van der Waals surface area contributed by atoms with E-state index in [2.05, 4.69) is 26.0 Å². The predicted molar refractivity (Wildman–Crippen MR) is 84.1 cm³/mol. The molecule has 0 saturated carbocycles. The quantitative estimate of drug-likeness (QED) is 0.686. The van der Waals surface area contributed by atoms with Crippen LogP contribution >= 0.6 is 11.3 Å². The highest BCUT2D eigenvalue weighted by atomic mass is 32.1. The molecule has 0 spiro atoms. The monoisotopic (exact) mass is 284 g/mol. The van der Waals surface area contributed by atoms with E-state index in [9.17, 15) is 5.11 Å². The van der Waals surface area contributed by atoms with Crippen LogP contribution in [0.4, 0.5) is 0 Å². The first kappa shape index (κ1) is 13.0. The average molecular weight is 284 g/mol. The van der Waals surface area contributed by atoms with Crippen molar-refractivity contribution in [2.45, 2.75) is 19.8 Å². The second-order valence-corrected chi connectivity index (χ2v) is 6.10. The average Bonchev–Trinajstić information content (AvgIpc) is 2.81. The van der Waals surface area contributed by atoms with E-state index in [1.807, 2.05) is 18.2 Å². The van der Waals surface area contributed by atoms with Crippen LogP contribution in [0, 0.1) is 0 Å². The first-order chi connectivity index (χ1) is 9.66. The number of aromatic hydroxyl groups is 1. The third-order valence-corrected chi connectivity index (χ3v) is 4.63. The summed E-state index contributed by atoms with van der Waals surface area (Å²) >= 11 is 1.75. The molecule has 0 saturated heterocycles. The van der Waals surface area contributed by atoms with Crippen molar-refractivity contribution in [3.05, 3.63) is 53.4 Å². The van der Waals surface area contributed by atoms with Crippen LogP contribution in [0.15, 0.2) is 48.5 Å². The largest absolute Gasteiger partial charge is 0.504 e. The smallest absolute Gasteiger partial charge is 0.169 e. The Hall–Kier alpha value is -2.00. The van der Waals surface area contributed by atoms with Crippen molar-refractivity contribution in [1.29, 1.82) is 0 Å². The van der Waals surface area contributed by atoms with Crippen LogP contribution in [0.2, 0.25) is 0 Å². The summed E-state index contributed by atoms with van der Waals surface area (Å²) in [5.74, 6) is 1.91. The van der Waals surface area contributed by atoms with Gasteiger partial charge in [0, 0.05) is 10.1 Å².